The summed E-state index contributed by atoms with van der Waals surface area (Å²) in [5.41, 5.74) is 1.06. The second kappa shape index (κ2) is 10.6. The molecule has 0 saturated carbocycles. The molecule has 0 aromatic carbocycles. The highest BCUT2D eigenvalue weighted by Crippen LogP contribution is 2.22. The zero-order chi connectivity index (χ0) is 18.1. The Morgan fingerprint density at radius 1 is 1.36 bits per heavy atom. The van der Waals surface area contributed by atoms with E-state index in [1.807, 2.05) is 25.1 Å². The highest BCUT2D eigenvalue weighted by Gasteiger charge is 2.35. The maximum Gasteiger partial charge on any atom is 0.184 e. The molecule has 5 atom stereocenters. The minimum absolute atomic E-state index is 0.0388. The molecule has 2 rings (SSSR count). The van der Waals surface area contributed by atoms with Crippen LogP contribution in [0.15, 0.2) is 36.7 Å². The van der Waals surface area contributed by atoms with Crippen LogP contribution in [0.25, 0.3) is 0 Å². The van der Waals surface area contributed by atoms with Gasteiger partial charge in [0.05, 0.1) is 31.5 Å². The molecule has 140 valence electrons. The Labute approximate surface area is 149 Å². The molecule has 0 spiro atoms. The van der Waals surface area contributed by atoms with Gasteiger partial charge >= 0.3 is 0 Å². The van der Waals surface area contributed by atoms with Crippen molar-refractivity contribution in [1.82, 2.24) is 4.98 Å². The van der Waals surface area contributed by atoms with Gasteiger partial charge in [0, 0.05) is 18.8 Å². The van der Waals surface area contributed by atoms with Gasteiger partial charge in [-0.2, -0.15) is 0 Å². The second-order valence-electron chi connectivity index (χ2n) is 6.45. The first-order valence-corrected chi connectivity index (χ1v) is 8.85. The van der Waals surface area contributed by atoms with E-state index >= 15 is 0 Å². The van der Waals surface area contributed by atoms with Gasteiger partial charge in [0.15, 0.2) is 6.29 Å². The largest absolute Gasteiger partial charge is 0.390 e. The van der Waals surface area contributed by atoms with Gasteiger partial charge in [0.1, 0.15) is 6.10 Å². The van der Waals surface area contributed by atoms with Crippen LogP contribution >= 0.6 is 0 Å². The molecule has 0 unspecified atom stereocenters. The van der Waals surface area contributed by atoms with E-state index in [0.717, 1.165) is 18.4 Å². The molecule has 0 aliphatic carbocycles. The fraction of sp³-hybridized carbons (Fsp3) is 0.632. The van der Waals surface area contributed by atoms with Gasteiger partial charge < -0.3 is 24.4 Å². The lowest BCUT2D eigenvalue weighted by molar-refractivity contribution is -0.273. The van der Waals surface area contributed by atoms with Crippen LogP contribution in [0.2, 0.25) is 0 Å². The topological polar surface area (TPSA) is 81.0 Å². The van der Waals surface area contributed by atoms with Crippen molar-refractivity contribution in [3.05, 3.63) is 42.2 Å². The Balaban J connectivity index is 1.56. The maximum absolute atomic E-state index is 9.92. The summed E-state index contributed by atoms with van der Waals surface area (Å²) in [4.78, 5) is 4.04. The van der Waals surface area contributed by atoms with Crippen LogP contribution in [0, 0.1) is 0 Å². The van der Waals surface area contributed by atoms with E-state index in [2.05, 4.69) is 11.1 Å². The number of hydrogen-bond donors (Lipinski definition) is 2. The summed E-state index contributed by atoms with van der Waals surface area (Å²) in [7, 11) is 0. The third-order valence-electron chi connectivity index (χ3n) is 4.17. The SMILES string of the molecule is C[C@H](CC/C=C/COCc1cccnc1)O[C@@H]1O[C@@H](C)[C@H](O)C[C@H]1O. The van der Waals surface area contributed by atoms with E-state index in [0.29, 0.717) is 13.2 Å². The molecular formula is C19H29NO5. The molecule has 6 heteroatoms. The maximum atomic E-state index is 9.92. The molecule has 1 aromatic rings. The predicted molar refractivity (Wildman–Crippen MR) is 93.8 cm³/mol. The Morgan fingerprint density at radius 3 is 2.96 bits per heavy atom. The van der Waals surface area contributed by atoms with Crippen molar-refractivity contribution in [1.29, 1.82) is 0 Å². The third-order valence-corrected chi connectivity index (χ3v) is 4.17. The third kappa shape index (κ3) is 7.22. The highest BCUT2D eigenvalue weighted by molar-refractivity contribution is 5.06. The minimum Gasteiger partial charge on any atom is -0.390 e. The monoisotopic (exact) mass is 351 g/mol. The van der Waals surface area contributed by atoms with Crippen LogP contribution in [-0.4, -0.2) is 52.5 Å². The van der Waals surface area contributed by atoms with Gasteiger partial charge in [-0.3, -0.25) is 4.98 Å². The van der Waals surface area contributed by atoms with Crippen molar-refractivity contribution in [2.24, 2.45) is 0 Å². The Morgan fingerprint density at radius 2 is 2.20 bits per heavy atom. The smallest absolute Gasteiger partial charge is 0.184 e. The first-order chi connectivity index (χ1) is 12.1. The molecule has 6 nitrogen and oxygen atoms in total. The van der Waals surface area contributed by atoms with E-state index in [4.69, 9.17) is 14.2 Å². The zero-order valence-electron chi connectivity index (χ0n) is 15.0. The Hall–Kier alpha value is -1.31. The minimum atomic E-state index is -0.787. The van der Waals surface area contributed by atoms with Gasteiger partial charge in [0.25, 0.3) is 0 Å². The van der Waals surface area contributed by atoms with Crippen LogP contribution in [0.4, 0.5) is 0 Å². The van der Waals surface area contributed by atoms with Crippen LogP contribution in [0.5, 0.6) is 0 Å². The number of rotatable bonds is 9. The molecule has 1 saturated heterocycles. The molecule has 2 heterocycles. The standard InChI is InChI=1S/C19H29NO5/c1-14(24-19-18(22)11-17(21)15(2)25-19)7-4-3-5-10-23-13-16-8-6-9-20-12-16/h3,5-6,8-9,12,14-15,17-19,21-22H,4,7,10-11,13H2,1-2H3/b5-3+/t14-,15+,17-,18-,19-/m1/s1. The van der Waals surface area contributed by atoms with E-state index in [1.165, 1.54) is 0 Å². The van der Waals surface area contributed by atoms with Gasteiger partial charge in [-0.1, -0.05) is 18.2 Å². The first-order valence-electron chi connectivity index (χ1n) is 8.85. The molecular weight excluding hydrogens is 322 g/mol. The summed E-state index contributed by atoms with van der Waals surface area (Å²) in [5.74, 6) is 0. The normalized spacial score (nSPS) is 28.3. The number of nitrogens with zero attached hydrogens (tertiary/aromatic N) is 1. The molecule has 1 aromatic heterocycles. The number of aromatic nitrogens is 1. The lowest BCUT2D eigenvalue weighted by Crippen LogP contribution is -2.48. The molecule has 0 radical (unpaired) electrons. The first kappa shape index (κ1) is 20.0. The number of aliphatic hydroxyl groups excluding tert-OH is 2. The molecule has 1 aliphatic rings. The van der Waals surface area contributed by atoms with Crippen LogP contribution in [0.1, 0.15) is 38.7 Å². The predicted octanol–water partition coefficient (Wildman–Crippen LogP) is 2.20. The number of aliphatic hydroxyl groups is 2. The van der Waals surface area contributed by atoms with Crippen molar-refractivity contribution in [3.8, 4) is 0 Å². The average Bonchev–Trinajstić information content (AvgIpc) is 2.60. The summed E-state index contributed by atoms with van der Waals surface area (Å²) in [5, 5.41) is 19.6. The second-order valence-corrected chi connectivity index (χ2v) is 6.45. The van der Waals surface area contributed by atoms with Crippen molar-refractivity contribution in [2.75, 3.05) is 6.61 Å². The van der Waals surface area contributed by atoms with Crippen LogP contribution in [0.3, 0.4) is 0 Å². The Bertz CT molecular complexity index is 510. The summed E-state index contributed by atoms with van der Waals surface area (Å²) in [6.45, 7) is 4.85. The molecule has 0 amide bonds. The lowest BCUT2D eigenvalue weighted by Gasteiger charge is -2.36. The fourth-order valence-electron chi connectivity index (χ4n) is 2.61. The molecule has 1 aliphatic heterocycles. The van der Waals surface area contributed by atoms with E-state index < -0.39 is 18.5 Å². The van der Waals surface area contributed by atoms with Crippen molar-refractivity contribution < 1.29 is 24.4 Å². The zero-order valence-corrected chi connectivity index (χ0v) is 15.0. The van der Waals surface area contributed by atoms with Gasteiger partial charge in [0.2, 0.25) is 0 Å². The summed E-state index contributed by atoms with van der Waals surface area (Å²) >= 11 is 0. The summed E-state index contributed by atoms with van der Waals surface area (Å²) in [6, 6.07) is 3.88. The number of allylic oxidation sites excluding steroid dienone is 1. The number of ether oxygens (including phenoxy) is 3. The highest BCUT2D eigenvalue weighted by atomic mass is 16.7. The number of hydrogen-bond acceptors (Lipinski definition) is 6. The van der Waals surface area contributed by atoms with Crippen LogP contribution in [-0.2, 0) is 20.8 Å². The van der Waals surface area contributed by atoms with Gasteiger partial charge in [-0.25, -0.2) is 0 Å². The average molecular weight is 351 g/mol. The molecule has 1 fully saturated rings. The summed E-state index contributed by atoms with van der Waals surface area (Å²) in [6.07, 6.45) is 7.11. The van der Waals surface area contributed by atoms with Crippen molar-refractivity contribution >= 4 is 0 Å². The Kier molecular flexibility index (Phi) is 8.51. The van der Waals surface area contributed by atoms with Gasteiger partial charge in [-0.15, -0.1) is 0 Å². The van der Waals surface area contributed by atoms with Crippen molar-refractivity contribution in [2.45, 2.75) is 70.4 Å². The quantitative estimate of drug-likeness (QED) is 0.524. The molecule has 2 N–H and O–H groups in total. The van der Waals surface area contributed by atoms with E-state index in [1.54, 1.807) is 19.3 Å². The molecule has 0 bridgehead atoms. The van der Waals surface area contributed by atoms with Crippen molar-refractivity contribution in [3.63, 3.8) is 0 Å². The lowest BCUT2D eigenvalue weighted by atomic mass is 10.0. The summed E-state index contributed by atoms with van der Waals surface area (Å²) < 4.78 is 16.8. The fourth-order valence-corrected chi connectivity index (χ4v) is 2.61. The number of pyridine rings is 1. The van der Waals surface area contributed by atoms with Gasteiger partial charge in [-0.05, 0) is 38.3 Å². The van der Waals surface area contributed by atoms with E-state index in [9.17, 15) is 10.2 Å². The van der Waals surface area contributed by atoms with E-state index in [-0.39, 0.29) is 18.6 Å². The molecule has 25 heavy (non-hydrogen) atoms. The van der Waals surface area contributed by atoms with Crippen LogP contribution < -0.4 is 0 Å².